The van der Waals surface area contributed by atoms with Gasteiger partial charge in [-0.05, 0) is 54.1 Å². The Bertz CT molecular complexity index is 1600. The van der Waals surface area contributed by atoms with Crippen molar-refractivity contribution in [1.82, 2.24) is 9.88 Å². The minimum atomic E-state index is -0.319. The quantitative estimate of drug-likeness (QED) is 0.179. The van der Waals surface area contributed by atoms with Gasteiger partial charge < -0.3 is 15.6 Å². The van der Waals surface area contributed by atoms with E-state index in [0.717, 1.165) is 51.7 Å². The molecule has 198 valence electrons. The molecular weight excluding hydrogens is 524 g/mol. The average Bonchev–Trinajstić information content (AvgIpc) is 3.37. The lowest BCUT2D eigenvalue weighted by molar-refractivity contribution is 0.0933. The maximum Gasteiger partial charge on any atom is 0.269 e. The van der Waals surface area contributed by atoms with E-state index in [-0.39, 0.29) is 11.9 Å². The third-order valence-electron chi connectivity index (χ3n) is 6.71. The summed E-state index contributed by atoms with van der Waals surface area (Å²) in [5.74, 6) is -0.145. The van der Waals surface area contributed by atoms with Gasteiger partial charge in [-0.15, -0.1) is 11.3 Å². The second-order valence-corrected chi connectivity index (χ2v) is 10.7. The molecule has 0 aliphatic heterocycles. The highest BCUT2D eigenvalue weighted by Crippen LogP contribution is 2.26. The van der Waals surface area contributed by atoms with E-state index in [1.165, 1.54) is 11.3 Å². The van der Waals surface area contributed by atoms with Crippen LogP contribution in [-0.2, 0) is 6.54 Å². The molecule has 1 heterocycles. The fraction of sp³-hybridized carbons (Fsp3) is 0.188. The van der Waals surface area contributed by atoms with E-state index < -0.39 is 0 Å². The summed E-state index contributed by atoms with van der Waals surface area (Å²) >= 11 is 7.64. The summed E-state index contributed by atoms with van der Waals surface area (Å²) in [6.07, 6.45) is 2.86. The third-order valence-corrected chi connectivity index (χ3v) is 7.83. The van der Waals surface area contributed by atoms with Crippen LogP contribution in [0, 0.1) is 0 Å². The van der Waals surface area contributed by atoms with Gasteiger partial charge in [0.15, 0.2) is 4.80 Å². The molecule has 0 aliphatic carbocycles. The molecule has 4 aromatic carbocycles. The Morgan fingerprint density at radius 2 is 1.59 bits per heavy atom. The van der Waals surface area contributed by atoms with Crippen LogP contribution in [0.15, 0.2) is 107 Å². The number of halogens is 1. The number of hydrogen-bond donors (Lipinski definition) is 2. The number of benzene rings is 4. The van der Waals surface area contributed by atoms with Crippen molar-refractivity contribution in [3.8, 4) is 0 Å². The number of thiazole rings is 1. The van der Waals surface area contributed by atoms with E-state index in [1.807, 2.05) is 88.8 Å². The zero-order chi connectivity index (χ0) is 27.0. The van der Waals surface area contributed by atoms with Crippen molar-refractivity contribution in [3.63, 3.8) is 0 Å². The Balaban J connectivity index is 1.52. The number of unbranched alkanes of at least 4 members (excludes halogenated alkanes) is 2. The van der Waals surface area contributed by atoms with E-state index in [0.29, 0.717) is 23.8 Å². The molecule has 1 amide bonds. The Hall–Kier alpha value is -3.71. The number of aromatic nitrogens is 1. The van der Waals surface area contributed by atoms with E-state index in [9.17, 15) is 4.79 Å². The van der Waals surface area contributed by atoms with Crippen LogP contribution in [0.25, 0.3) is 10.8 Å². The van der Waals surface area contributed by atoms with E-state index in [1.54, 1.807) is 0 Å². The molecule has 1 atom stereocenters. The Kier molecular flexibility index (Phi) is 8.89. The molecular formula is C32H31ClN4OS. The molecule has 0 saturated heterocycles. The summed E-state index contributed by atoms with van der Waals surface area (Å²) in [6, 6.07) is 31.6. The first-order valence-electron chi connectivity index (χ1n) is 13.2. The summed E-state index contributed by atoms with van der Waals surface area (Å²) in [7, 11) is 0. The van der Waals surface area contributed by atoms with Gasteiger partial charge >= 0.3 is 0 Å². The number of nitrogens with one attached hydrogen (secondary N) is 1. The van der Waals surface area contributed by atoms with E-state index >= 15 is 0 Å². The van der Waals surface area contributed by atoms with Gasteiger partial charge in [0.2, 0.25) is 0 Å². The number of rotatable bonds is 10. The summed E-state index contributed by atoms with van der Waals surface area (Å²) in [4.78, 5) is 19.7. The maximum absolute atomic E-state index is 13.8. The van der Waals surface area contributed by atoms with Crippen LogP contribution in [0.1, 0.15) is 46.9 Å². The molecule has 0 radical (unpaired) electrons. The monoisotopic (exact) mass is 554 g/mol. The lowest BCUT2D eigenvalue weighted by atomic mass is 9.98. The van der Waals surface area contributed by atoms with Gasteiger partial charge in [0, 0.05) is 22.3 Å². The van der Waals surface area contributed by atoms with Gasteiger partial charge in [-0.25, -0.2) is 4.99 Å². The minimum absolute atomic E-state index is 0.145. The van der Waals surface area contributed by atoms with E-state index in [4.69, 9.17) is 22.3 Å². The highest BCUT2D eigenvalue weighted by atomic mass is 35.5. The van der Waals surface area contributed by atoms with Crippen LogP contribution in [0.2, 0.25) is 5.02 Å². The average molecular weight is 555 g/mol. The smallest absolute Gasteiger partial charge is 0.269 e. The normalized spacial score (nSPS) is 12.5. The lowest BCUT2D eigenvalue weighted by Gasteiger charge is -2.20. The standard InChI is InChI=1S/C32H31ClN4OS/c33-26-18-16-25(17-19-26)30(24-11-3-1-4-12-24)36-31(38)29-22-39-32(37(29)21-8-2-7-20-34)35-28-15-9-13-23-10-5-6-14-27(23)28/h1,3-6,9-19,22,30H,2,7-8,20-21,34H2,(H,36,38). The van der Waals surface area contributed by atoms with Crippen molar-refractivity contribution in [1.29, 1.82) is 0 Å². The number of fused-ring (bicyclic) bond motifs is 1. The van der Waals surface area contributed by atoms with Crippen molar-refractivity contribution in [2.45, 2.75) is 31.8 Å². The number of hydrogen-bond acceptors (Lipinski definition) is 4. The second kappa shape index (κ2) is 12.9. The summed E-state index contributed by atoms with van der Waals surface area (Å²) < 4.78 is 2.04. The number of nitrogens with two attached hydrogens (primary N) is 1. The van der Waals surface area contributed by atoms with Crippen molar-refractivity contribution in [3.05, 3.63) is 129 Å². The Morgan fingerprint density at radius 1 is 0.872 bits per heavy atom. The van der Waals surface area contributed by atoms with Crippen LogP contribution in [0.4, 0.5) is 5.69 Å². The van der Waals surface area contributed by atoms with Crippen molar-refractivity contribution in [2.24, 2.45) is 10.7 Å². The topological polar surface area (TPSA) is 72.4 Å². The van der Waals surface area contributed by atoms with Crippen LogP contribution < -0.4 is 15.9 Å². The summed E-state index contributed by atoms with van der Waals surface area (Å²) in [5, 5.41) is 8.06. The maximum atomic E-state index is 13.8. The van der Waals surface area contributed by atoms with Gasteiger partial charge in [0.05, 0.1) is 11.7 Å². The zero-order valence-corrected chi connectivity index (χ0v) is 23.2. The first kappa shape index (κ1) is 26.9. The van der Waals surface area contributed by atoms with E-state index in [2.05, 4.69) is 23.5 Å². The second-order valence-electron chi connectivity index (χ2n) is 9.38. The molecule has 7 heteroatoms. The highest BCUT2D eigenvalue weighted by molar-refractivity contribution is 7.07. The predicted octanol–water partition coefficient (Wildman–Crippen LogP) is 7.24. The number of carbonyl (C=O) groups is 1. The predicted molar refractivity (Wildman–Crippen MR) is 162 cm³/mol. The molecule has 0 saturated carbocycles. The molecule has 0 bridgehead atoms. The molecule has 1 unspecified atom stereocenters. The summed E-state index contributed by atoms with van der Waals surface area (Å²) in [6.45, 7) is 1.35. The first-order chi connectivity index (χ1) is 19.1. The Morgan fingerprint density at radius 3 is 2.38 bits per heavy atom. The fourth-order valence-corrected chi connectivity index (χ4v) is 5.73. The highest BCUT2D eigenvalue weighted by Gasteiger charge is 2.21. The summed E-state index contributed by atoms with van der Waals surface area (Å²) in [5.41, 5.74) is 9.18. The van der Waals surface area contributed by atoms with Crippen LogP contribution in [0.3, 0.4) is 0 Å². The molecule has 0 aliphatic rings. The van der Waals surface area contributed by atoms with Crippen molar-refractivity contribution < 1.29 is 4.79 Å². The van der Waals surface area contributed by atoms with Crippen LogP contribution >= 0.6 is 22.9 Å². The molecule has 1 aromatic heterocycles. The molecule has 3 N–H and O–H groups in total. The van der Waals surface area contributed by atoms with Gasteiger partial charge in [0.25, 0.3) is 5.91 Å². The molecule has 0 fully saturated rings. The lowest BCUT2D eigenvalue weighted by Crippen LogP contribution is -2.32. The Labute approximate surface area is 237 Å². The number of nitrogens with zero attached hydrogens (tertiary/aromatic N) is 2. The van der Waals surface area contributed by atoms with Crippen molar-refractivity contribution in [2.75, 3.05) is 6.54 Å². The van der Waals surface area contributed by atoms with Crippen molar-refractivity contribution >= 4 is 45.3 Å². The molecule has 5 nitrogen and oxygen atoms in total. The third kappa shape index (κ3) is 6.48. The molecule has 39 heavy (non-hydrogen) atoms. The molecule has 0 spiro atoms. The SMILES string of the molecule is NCCCCCn1c(C(=O)NC(c2ccccc2)c2ccc(Cl)cc2)csc1=Nc1cccc2ccccc12. The van der Waals surface area contributed by atoms with Gasteiger partial charge in [-0.1, -0.05) is 96.9 Å². The molecule has 5 aromatic rings. The van der Waals surface area contributed by atoms with Gasteiger partial charge in [-0.2, -0.15) is 0 Å². The first-order valence-corrected chi connectivity index (χ1v) is 14.4. The molecule has 5 rings (SSSR count). The minimum Gasteiger partial charge on any atom is -0.340 e. The number of amides is 1. The number of carbonyl (C=O) groups excluding carboxylic acids is 1. The zero-order valence-electron chi connectivity index (χ0n) is 21.6. The van der Waals surface area contributed by atoms with Crippen LogP contribution in [0.5, 0.6) is 0 Å². The largest absolute Gasteiger partial charge is 0.340 e. The van der Waals surface area contributed by atoms with Gasteiger partial charge in [0.1, 0.15) is 5.69 Å². The van der Waals surface area contributed by atoms with Gasteiger partial charge in [-0.3, -0.25) is 4.79 Å². The fourth-order valence-electron chi connectivity index (χ4n) is 4.68. The van der Waals surface area contributed by atoms with Crippen LogP contribution in [-0.4, -0.2) is 17.0 Å².